The summed E-state index contributed by atoms with van der Waals surface area (Å²) in [7, 11) is -0.358. The van der Waals surface area contributed by atoms with Crippen molar-refractivity contribution in [2.45, 2.75) is 4.90 Å². The molecule has 0 unspecified atom stereocenters. The fourth-order valence-electron chi connectivity index (χ4n) is 2.01. The van der Waals surface area contributed by atoms with Crippen molar-refractivity contribution >= 4 is 21.8 Å². The van der Waals surface area contributed by atoms with E-state index < -0.39 is 16.1 Å². The second-order valence-corrected chi connectivity index (χ2v) is 6.69. The number of hydrazine groups is 1. The third kappa shape index (κ3) is 4.41. The molecule has 0 aliphatic carbocycles. The van der Waals surface area contributed by atoms with Crippen LogP contribution in [0.25, 0.3) is 0 Å². The number of carbonyl (C=O) groups excluding carboxylic acids is 1. The van der Waals surface area contributed by atoms with E-state index in [-0.39, 0.29) is 4.90 Å². The van der Waals surface area contributed by atoms with Crippen molar-refractivity contribution in [2.75, 3.05) is 45.7 Å². The summed E-state index contributed by atoms with van der Waals surface area (Å²) in [6.45, 7) is 2.89. The van der Waals surface area contributed by atoms with Crippen molar-refractivity contribution in [3.63, 3.8) is 0 Å². The second-order valence-electron chi connectivity index (χ2n) is 5.03. The highest BCUT2D eigenvalue weighted by Crippen LogP contribution is 2.14. The molecule has 1 aliphatic heterocycles. The monoisotopic (exact) mass is 328 g/mol. The first kappa shape index (κ1) is 16.7. The molecule has 2 N–H and O–H groups in total. The summed E-state index contributed by atoms with van der Waals surface area (Å²) < 4.78 is 29.1. The van der Waals surface area contributed by atoms with Crippen molar-refractivity contribution in [3.05, 3.63) is 24.3 Å². The summed E-state index contributed by atoms with van der Waals surface area (Å²) in [5.74, 6) is 0. The van der Waals surface area contributed by atoms with Crippen LogP contribution in [-0.2, 0) is 14.8 Å². The minimum Gasteiger partial charge on any atom is -0.453 e. The fourth-order valence-corrected chi connectivity index (χ4v) is 3.13. The summed E-state index contributed by atoms with van der Waals surface area (Å²) in [6, 6.07) is 5.89. The maximum Gasteiger partial charge on any atom is 0.411 e. The van der Waals surface area contributed by atoms with Gasteiger partial charge in [0.15, 0.2) is 0 Å². The Labute approximate surface area is 130 Å². The quantitative estimate of drug-likeness (QED) is 0.826. The van der Waals surface area contributed by atoms with Crippen molar-refractivity contribution in [2.24, 2.45) is 0 Å². The summed E-state index contributed by atoms with van der Waals surface area (Å²) in [5.41, 5.74) is 0.463. The van der Waals surface area contributed by atoms with Crippen LogP contribution in [0.1, 0.15) is 0 Å². The van der Waals surface area contributed by atoms with Gasteiger partial charge in [0, 0.05) is 31.9 Å². The second kappa shape index (κ2) is 7.05. The molecule has 1 saturated heterocycles. The number of ether oxygens (including phenoxy) is 1. The SMILES string of the molecule is COC(=O)Nc1ccc(S(=O)(=O)NN2CCN(C)CC2)cc1. The van der Waals surface area contributed by atoms with E-state index in [0.717, 1.165) is 13.1 Å². The highest BCUT2D eigenvalue weighted by molar-refractivity contribution is 7.89. The van der Waals surface area contributed by atoms with E-state index in [0.29, 0.717) is 18.8 Å². The molecule has 1 heterocycles. The van der Waals surface area contributed by atoms with Gasteiger partial charge in [-0.1, -0.05) is 0 Å². The Bertz CT molecular complexity index is 609. The summed E-state index contributed by atoms with van der Waals surface area (Å²) in [5, 5.41) is 4.15. The van der Waals surface area contributed by atoms with Crippen molar-refractivity contribution in [1.29, 1.82) is 0 Å². The van der Waals surface area contributed by atoms with Gasteiger partial charge in [-0.2, -0.15) is 0 Å². The lowest BCUT2D eigenvalue weighted by molar-refractivity contribution is 0.135. The fraction of sp³-hybridized carbons (Fsp3) is 0.462. The number of likely N-dealkylation sites (N-methyl/N-ethyl adjacent to an activating group) is 1. The molecule has 122 valence electrons. The number of amides is 1. The zero-order chi connectivity index (χ0) is 16.2. The zero-order valence-electron chi connectivity index (χ0n) is 12.6. The first-order chi connectivity index (χ1) is 10.4. The van der Waals surface area contributed by atoms with Gasteiger partial charge in [-0.3, -0.25) is 5.32 Å². The molecule has 0 saturated carbocycles. The van der Waals surface area contributed by atoms with Crippen LogP contribution in [0.2, 0.25) is 0 Å². The Kier molecular flexibility index (Phi) is 5.35. The van der Waals surface area contributed by atoms with Gasteiger partial charge in [0.05, 0.1) is 12.0 Å². The third-order valence-electron chi connectivity index (χ3n) is 3.35. The van der Waals surface area contributed by atoms with Gasteiger partial charge < -0.3 is 9.64 Å². The summed E-state index contributed by atoms with van der Waals surface area (Å²) >= 11 is 0. The lowest BCUT2D eigenvalue weighted by Crippen LogP contribution is -2.52. The van der Waals surface area contributed by atoms with E-state index in [4.69, 9.17) is 0 Å². The summed E-state index contributed by atoms with van der Waals surface area (Å²) in [6.07, 6.45) is -0.605. The molecular formula is C13H20N4O4S. The van der Waals surface area contributed by atoms with Crippen LogP contribution in [0.3, 0.4) is 0 Å². The number of methoxy groups -OCH3 is 1. The Morgan fingerprint density at radius 3 is 2.27 bits per heavy atom. The standard InChI is InChI=1S/C13H20N4O4S/c1-16-7-9-17(10-8-16)15-22(19,20)12-5-3-11(4-6-12)14-13(18)21-2/h3-6,15H,7-10H2,1-2H3,(H,14,18). The molecule has 1 aliphatic rings. The molecule has 9 heteroatoms. The first-order valence-corrected chi connectivity index (χ1v) is 8.30. The number of benzene rings is 1. The molecule has 0 spiro atoms. The molecular weight excluding hydrogens is 308 g/mol. The predicted octanol–water partition coefficient (Wildman–Crippen LogP) is 0.306. The minimum absolute atomic E-state index is 0.141. The Hall–Kier alpha value is -1.68. The number of carbonyl (C=O) groups is 1. The molecule has 0 atom stereocenters. The lowest BCUT2D eigenvalue weighted by atomic mass is 10.3. The topological polar surface area (TPSA) is 91.0 Å². The van der Waals surface area contributed by atoms with Crippen LogP contribution < -0.4 is 10.1 Å². The van der Waals surface area contributed by atoms with E-state index in [9.17, 15) is 13.2 Å². The van der Waals surface area contributed by atoms with E-state index in [2.05, 4.69) is 19.8 Å². The molecule has 1 amide bonds. The zero-order valence-corrected chi connectivity index (χ0v) is 13.4. The van der Waals surface area contributed by atoms with Crippen molar-refractivity contribution < 1.29 is 17.9 Å². The van der Waals surface area contributed by atoms with Gasteiger partial charge in [0.2, 0.25) is 0 Å². The van der Waals surface area contributed by atoms with Crippen LogP contribution in [0.15, 0.2) is 29.2 Å². The number of nitrogens with zero attached hydrogens (tertiary/aromatic N) is 2. The number of hydrogen-bond acceptors (Lipinski definition) is 6. The molecule has 1 fully saturated rings. The molecule has 22 heavy (non-hydrogen) atoms. The largest absolute Gasteiger partial charge is 0.453 e. The van der Waals surface area contributed by atoms with E-state index in [1.807, 2.05) is 7.05 Å². The number of nitrogens with one attached hydrogen (secondary N) is 2. The maximum atomic E-state index is 12.3. The molecule has 0 aromatic heterocycles. The molecule has 2 rings (SSSR count). The molecule has 1 aromatic carbocycles. The van der Waals surface area contributed by atoms with Crippen molar-refractivity contribution in [1.82, 2.24) is 14.7 Å². The number of sulfonamides is 1. The predicted molar refractivity (Wildman–Crippen MR) is 81.9 cm³/mol. The first-order valence-electron chi connectivity index (χ1n) is 6.82. The number of piperazine rings is 1. The lowest BCUT2D eigenvalue weighted by Gasteiger charge is -2.32. The number of hydrogen-bond donors (Lipinski definition) is 2. The smallest absolute Gasteiger partial charge is 0.411 e. The van der Waals surface area contributed by atoms with Gasteiger partial charge in [0.1, 0.15) is 0 Å². The van der Waals surface area contributed by atoms with Gasteiger partial charge >= 0.3 is 6.09 Å². The van der Waals surface area contributed by atoms with Crippen LogP contribution in [0, 0.1) is 0 Å². The van der Waals surface area contributed by atoms with Crippen molar-refractivity contribution in [3.8, 4) is 0 Å². The van der Waals surface area contributed by atoms with Crippen LogP contribution >= 0.6 is 0 Å². The summed E-state index contributed by atoms with van der Waals surface area (Å²) in [4.78, 5) is 15.9. The molecule has 1 aromatic rings. The minimum atomic E-state index is -3.61. The van der Waals surface area contributed by atoms with E-state index in [1.54, 1.807) is 5.01 Å². The number of anilines is 1. The average Bonchev–Trinajstić information content (AvgIpc) is 2.50. The van der Waals surface area contributed by atoms with Gasteiger partial charge in [-0.25, -0.2) is 18.2 Å². The van der Waals surface area contributed by atoms with E-state index in [1.165, 1.54) is 31.4 Å². The molecule has 0 bridgehead atoms. The van der Waals surface area contributed by atoms with Gasteiger partial charge in [-0.15, -0.1) is 4.83 Å². The highest BCUT2D eigenvalue weighted by Gasteiger charge is 2.21. The highest BCUT2D eigenvalue weighted by atomic mass is 32.2. The average molecular weight is 328 g/mol. The number of rotatable bonds is 4. The molecule has 0 radical (unpaired) electrons. The Balaban J connectivity index is 2.01. The maximum absolute atomic E-state index is 12.3. The van der Waals surface area contributed by atoms with Crippen LogP contribution in [0.4, 0.5) is 10.5 Å². The third-order valence-corrected chi connectivity index (χ3v) is 4.74. The van der Waals surface area contributed by atoms with E-state index >= 15 is 0 Å². The Morgan fingerprint density at radius 1 is 1.14 bits per heavy atom. The van der Waals surface area contributed by atoms with Gasteiger partial charge in [0.25, 0.3) is 10.0 Å². The molecule has 8 nitrogen and oxygen atoms in total. The normalized spacial score (nSPS) is 17.2. The Morgan fingerprint density at radius 2 is 1.73 bits per heavy atom. The van der Waals surface area contributed by atoms with Crippen LogP contribution in [-0.4, -0.2) is 64.8 Å². The van der Waals surface area contributed by atoms with Gasteiger partial charge in [-0.05, 0) is 31.3 Å². The van der Waals surface area contributed by atoms with Crippen LogP contribution in [0.5, 0.6) is 0 Å².